The minimum absolute atomic E-state index is 0.0264. The van der Waals surface area contributed by atoms with Crippen LogP contribution in [0, 0.1) is 0 Å². The van der Waals surface area contributed by atoms with E-state index in [9.17, 15) is 9.59 Å². The number of ketones is 1. The number of methoxy groups -OCH3 is 1. The van der Waals surface area contributed by atoms with Crippen LogP contribution in [0.5, 0.6) is 0 Å². The molecule has 112 valence electrons. The molecule has 3 rings (SSSR count). The predicted octanol–water partition coefficient (Wildman–Crippen LogP) is 0.0307. The van der Waals surface area contributed by atoms with E-state index in [1.807, 2.05) is 30.3 Å². The van der Waals surface area contributed by atoms with Gasteiger partial charge >= 0.3 is 129 Å². The molecule has 0 N–H and O–H groups in total. The third kappa shape index (κ3) is 2.42. The van der Waals surface area contributed by atoms with Gasteiger partial charge in [0.25, 0.3) is 0 Å². The van der Waals surface area contributed by atoms with Crippen molar-refractivity contribution in [3.8, 4) is 0 Å². The van der Waals surface area contributed by atoms with Gasteiger partial charge in [-0.3, -0.25) is 0 Å². The molecule has 2 heterocycles. The molecule has 21 heavy (non-hydrogen) atoms. The SMILES string of the molecule is CO[C@@H]1[C@H]2O[C@H](CC2=O)[C@]1(OC(C)=O)[Se]c1ccccc1. The molecule has 2 aliphatic rings. The predicted molar refractivity (Wildman–Crippen MR) is 75.4 cm³/mol. The Labute approximate surface area is 129 Å². The fourth-order valence-electron chi connectivity index (χ4n) is 2.93. The van der Waals surface area contributed by atoms with Crippen molar-refractivity contribution in [2.45, 2.75) is 36.2 Å². The van der Waals surface area contributed by atoms with Gasteiger partial charge in [-0.1, -0.05) is 0 Å². The third-order valence-electron chi connectivity index (χ3n) is 3.71. The first-order chi connectivity index (χ1) is 10.1. The van der Waals surface area contributed by atoms with E-state index < -0.39 is 22.8 Å². The molecular formula is C15H16O5Se. The minimum atomic E-state index is -0.868. The molecule has 0 unspecified atom stereocenters. The van der Waals surface area contributed by atoms with Gasteiger partial charge in [0, 0.05) is 0 Å². The van der Waals surface area contributed by atoms with E-state index in [4.69, 9.17) is 14.2 Å². The summed E-state index contributed by atoms with van der Waals surface area (Å²) in [6, 6.07) is 9.81. The van der Waals surface area contributed by atoms with Crippen molar-refractivity contribution in [1.29, 1.82) is 0 Å². The molecule has 2 fully saturated rings. The van der Waals surface area contributed by atoms with Gasteiger partial charge in [-0.05, 0) is 0 Å². The standard InChI is InChI=1S/C15H16O5Se/c1-9(16)20-15(21-10-6-4-3-5-7-10)12-8-11(17)13(19-12)14(15)18-2/h3-7,12-14H,8H2,1-2H3/t12-,13+,14-,15+/m1/s1. The number of hydrogen-bond acceptors (Lipinski definition) is 5. The first-order valence-corrected chi connectivity index (χ1v) is 8.43. The van der Waals surface area contributed by atoms with Crippen LogP contribution in [0.1, 0.15) is 13.3 Å². The van der Waals surface area contributed by atoms with Crippen molar-refractivity contribution in [3.05, 3.63) is 30.3 Å². The molecule has 0 aromatic heterocycles. The molecule has 0 aliphatic carbocycles. The summed E-state index contributed by atoms with van der Waals surface area (Å²) < 4.78 is 17.1. The Hall–Kier alpha value is -1.20. The molecule has 4 atom stereocenters. The summed E-state index contributed by atoms with van der Waals surface area (Å²) in [7, 11) is 1.53. The number of carbonyl (C=O) groups excluding carboxylic acids is 2. The van der Waals surface area contributed by atoms with E-state index in [1.54, 1.807) is 0 Å². The zero-order valence-corrected chi connectivity index (χ0v) is 13.5. The number of carbonyl (C=O) groups is 2. The summed E-state index contributed by atoms with van der Waals surface area (Å²) in [5.74, 6) is -0.350. The van der Waals surface area contributed by atoms with Crippen molar-refractivity contribution in [2.75, 3.05) is 7.11 Å². The summed E-state index contributed by atoms with van der Waals surface area (Å²) in [5, 5.41) is 0. The van der Waals surface area contributed by atoms with Crippen LogP contribution >= 0.6 is 0 Å². The van der Waals surface area contributed by atoms with Crippen molar-refractivity contribution in [2.24, 2.45) is 0 Å². The Morgan fingerprint density at radius 3 is 2.71 bits per heavy atom. The van der Waals surface area contributed by atoms with Gasteiger partial charge in [0.1, 0.15) is 0 Å². The van der Waals surface area contributed by atoms with Crippen molar-refractivity contribution >= 4 is 31.2 Å². The zero-order valence-electron chi connectivity index (χ0n) is 11.8. The van der Waals surface area contributed by atoms with E-state index in [0.29, 0.717) is 0 Å². The molecule has 6 heteroatoms. The topological polar surface area (TPSA) is 61.8 Å². The molecule has 0 saturated carbocycles. The van der Waals surface area contributed by atoms with E-state index in [2.05, 4.69) is 0 Å². The number of Topliss-reactive ketones (excluding diaryl/α,β-unsaturated/α-hetero) is 1. The van der Waals surface area contributed by atoms with Gasteiger partial charge < -0.3 is 0 Å². The fraction of sp³-hybridized carbons (Fsp3) is 0.467. The second-order valence-electron chi connectivity index (χ2n) is 5.10. The molecule has 5 nitrogen and oxygen atoms in total. The molecule has 1 aromatic carbocycles. The second kappa shape index (κ2) is 5.54. The van der Waals surface area contributed by atoms with Crippen molar-refractivity contribution in [3.63, 3.8) is 0 Å². The number of fused-ring (bicyclic) bond motifs is 2. The molecule has 0 radical (unpaired) electrons. The summed E-state index contributed by atoms with van der Waals surface area (Å²) in [4.78, 5) is 23.5. The van der Waals surface area contributed by atoms with Crippen LogP contribution in [0.3, 0.4) is 0 Å². The third-order valence-corrected chi connectivity index (χ3v) is 6.66. The average Bonchev–Trinajstić information content (AvgIpc) is 2.94. The first-order valence-electron chi connectivity index (χ1n) is 6.71. The van der Waals surface area contributed by atoms with E-state index >= 15 is 0 Å². The number of hydrogen-bond donors (Lipinski definition) is 0. The Kier molecular flexibility index (Phi) is 3.88. The zero-order chi connectivity index (χ0) is 15.0. The second-order valence-corrected chi connectivity index (χ2v) is 7.86. The molecule has 0 spiro atoms. The molecule has 2 aliphatic heterocycles. The van der Waals surface area contributed by atoms with E-state index in [1.165, 1.54) is 14.0 Å². The van der Waals surface area contributed by atoms with Gasteiger partial charge in [-0.25, -0.2) is 0 Å². The molecule has 2 bridgehead atoms. The Morgan fingerprint density at radius 1 is 1.38 bits per heavy atom. The van der Waals surface area contributed by atoms with Crippen LogP contribution in [-0.4, -0.2) is 56.6 Å². The Balaban J connectivity index is 1.97. The van der Waals surface area contributed by atoms with Crippen molar-refractivity contribution < 1.29 is 23.8 Å². The summed E-state index contributed by atoms with van der Waals surface area (Å²) in [6.07, 6.45) is -1.28. The molecule has 2 saturated heterocycles. The first kappa shape index (κ1) is 14.7. The van der Waals surface area contributed by atoms with Gasteiger partial charge in [0.2, 0.25) is 0 Å². The fourth-order valence-corrected chi connectivity index (χ4v) is 5.92. The number of ether oxygens (including phenoxy) is 3. The Morgan fingerprint density at radius 2 is 2.10 bits per heavy atom. The normalized spacial score (nSPS) is 34.2. The van der Waals surface area contributed by atoms with Gasteiger partial charge in [-0.2, -0.15) is 0 Å². The summed E-state index contributed by atoms with van der Waals surface area (Å²) >= 11 is -0.208. The maximum absolute atomic E-state index is 11.9. The van der Waals surface area contributed by atoms with E-state index in [-0.39, 0.29) is 33.1 Å². The maximum atomic E-state index is 11.9. The van der Waals surface area contributed by atoms with E-state index in [0.717, 1.165) is 4.46 Å². The molecule has 1 aromatic rings. The number of benzene rings is 1. The van der Waals surface area contributed by atoms with Gasteiger partial charge in [0.15, 0.2) is 0 Å². The van der Waals surface area contributed by atoms with Crippen LogP contribution in [0.2, 0.25) is 0 Å². The number of esters is 1. The quantitative estimate of drug-likeness (QED) is 0.564. The van der Waals surface area contributed by atoms with Gasteiger partial charge in [-0.15, -0.1) is 0 Å². The summed E-state index contributed by atoms with van der Waals surface area (Å²) in [5.41, 5.74) is 0. The molecular weight excluding hydrogens is 339 g/mol. The van der Waals surface area contributed by atoms with Crippen LogP contribution in [0.15, 0.2) is 30.3 Å². The van der Waals surface area contributed by atoms with Crippen molar-refractivity contribution in [1.82, 2.24) is 0 Å². The monoisotopic (exact) mass is 356 g/mol. The van der Waals surface area contributed by atoms with Gasteiger partial charge in [0.05, 0.1) is 0 Å². The van der Waals surface area contributed by atoms with Crippen LogP contribution in [0.25, 0.3) is 0 Å². The molecule has 0 amide bonds. The average molecular weight is 355 g/mol. The number of rotatable bonds is 4. The summed E-state index contributed by atoms with van der Waals surface area (Å²) in [6.45, 7) is 1.38. The Bertz CT molecular complexity index is 560. The van der Waals surface area contributed by atoms with Crippen LogP contribution in [-0.2, 0) is 23.8 Å². The van der Waals surface area contributed by atoms with Crippen LogP contribution in [0.4, 0.5) is 0 Å². The van der Waals surface area contributed by atoms with Crippen LogP contribution < -0.4 is 4.46 Å².